The molecule has 0 saturated heterocycles. The van der Waals surface area contributed by atoms with Gasteiger partial charge in [0, 0.05) is 30.0 Å². The lowest BCUT2D eigenvalue weighted by atomic mass is 10.1. The summed E-state index contributed by atoms with van der Waals surface area (Å²) in [6, 6.07) is 8.09. The number of benzene rings is 1. The van der Waals surface area contributed by atoms with Gasteiger partial charge < -0.3 is 15.2 Å². The van der Waals surface area contributed by atoms with E-state index in [1.54, 1.807) is 11.3 Å². The molecule has 2 aromatic rings. The van der Waals surface area contributed by atoms with Crippen LogP contribution < -0.4 is 10.1 Å². The minimum Gasteiger partial charge on any atom is -0.494 e. The van der Waals surface area contributed by atoms with Crippen molar-refractivity contribution in [3.8, 4) is 17.0 Å². The molecule has 0 amide bonds. The lowest BCUT2D eigenvalue weighted by Gasteiger charge is -2.04. The molecule has 0 bridgehead atoms. The number of ether oxygens (including phenoxy) is 1. The Labute approximate surface area is 129 Å². The van der Waals surface area contributed by atoms with Crippen LogP contribution in [0.2, 0.25) is 0 Å². The van der Waals surface area contributed by atoms with Crippen LogP contribution in [0, 0.1) is 6.92 Å². The van der Waals surface area contributed by atoms with Crippen LogP contribution in [0.4, 0.5) is 0 Å². The Bertz CT molecular complexity index is 552. The van der Waals surface area contributed by atoms with Crippen LogP contribution in [0.5, 0.6) is 5.75 Å². The molecule has 1 aromatic heterocycles. The van der Waals surface area contributed by atoms with Crippen molar-refractivity contribution < 1.29 is 9.84 Å². The van der Waals surface area contributed by atoms with Crippen LogP contribution in [0.25, 0.3) is 11.3 Å². The van der Waals surface area contributed by atoms with Crippen molar-refractivity contribution in [1.82, 2.24) is 10.3 Å². The highest BCUT2D eigenvalue weighted by molar-refractivity contribution is 7.12. The Morgan fingerprint density at radius 1 is 1.24 bits per heavy atom. The number of thiazole rings is 1. The molecule has 0 unspecified atom stereocenters. The van der Waals surface area contributed by atoms with E-state index in [4.69, 9.17) is 14.8 Å². The van der Waals surface area contributed by atoms with E-state index in [1.165, 1.54) is 4.88 Å². The maximum absolute atomic E-state index is 8.74. The zero-order valence-electron chi connectivity index (χ0n) is 12.6. The van der Waals surface area contributed by atoms with E-state index in [1.807, 2.05) is 19.1 Å². The van der Waals surface area contributed by atoms with Crippen molar-refractivity contribution in [3.05, 3.63) is 34.2 Å². The molecule has 114 valence electrons. The summed E-state index contributed by atoms with van der Waals surface area (Å²) in [5, 5.41) is 13.0. The van der Waals surface area contributed by atoms with Gasteiger partial charge in [0.15, 0.2) is 0 Å². The fourth-order valence-electron chi connectivity index (χ4n) is 2.10. The number of nitrogens with one attached hydrogen (secondary N) is 1. The fourth-order valence-corrected chi connectivity index (χ4v) is 3.06. The van der Waals surface area contributed by atoms with Crippen molar-refractivity contribution in [1.29, 1.82) is 0 Å². The van der Waals surface area contributed by atoms with Crippen LogP contribution in [0.1, 0.15) is 16.8 Å². The van der Waals surface area contributed by atoms with Gasteiger partial charge in [-0.1, -0.05) is 0 Å². The highest BCUT2D eigenvalue weighted by atomic mass is 32.1. The molecule has 2 N–H and O–H groups in total. The van der Waals surface area contributed by atoms with Gasteiger partial charge in [0.25, 0.3) is 0 Å². The molecule has 0 aliphatic rings. The second kappa shape index (κ2) is 8.12. The van der Waals surface area contributed by atoms with Gasteiger partial charge in [-0.2, -0.15) is 0 Å². The van der Waals surface area contributed by atoms with Gasteiger partial charge in [-0.25, -0.2) is 4.98 Å². The Kier molecular flexibility index (Phi) is 6.17. The molecule has 0 radical (unpaired) electrons. The third-order valence-electron chi connectivity index (χ3n) is 3.08. The number of hydrogen-bond acceptors (Lipinski definition) is 5. The number of aromatic nitrogens is 1. The average Bonchev–Trinajstić information content (AvgIpc) is 2.86. The number of aliphatic hydroxyl groups is 1. The standard InChI is InChI=1S/C16H22N2O2S/c1-3-20-14-6-4-13(5-7-14)16-12(2)21-15(18-16)8-9-17-10-11-19/h4-7,17,19H,3,8-11H2,1-2H3. The Hall–Kier alpha value is -1.43. The van der Waals surface area contributed by atoms with Crippen LogP contribution in [-0.2, 0) is 6.42 Å². The minimum absolute atomic E-state index is 0.175. The molecule has 2 rings (SSSR count). The molecule has 1 heterocycles. The van der Waals surface area contributed by atoms with Gasteiger partial charge in [0.05, 0.1) is 23.9 Å². The molecule has 0 fully saturated rings. The molecule has 4 nitrogen and oxygen atoms in total. The first-order chi connectivity index (χ1) is 10.2. The first-order valence-electron chi connectivity index (χ1n) is 7.25. The zero-order chi connectivity index (χ0) is 15.1. The quantitative estimate of drug-likeness (QED) is 0.736. The number of hydrogen-bond donors (Lipinski definition) is 2. The molecule has 0 saturated carbocycles. The Morgan fingerprint density at radius 2 is 2.00 bits per heavy atom. The molecule has 21 heavy (non-hydrogen) atoms. The van der Waals surface area contributed by atoms with Gasteiger partial charge >= 0.3 is 0 Å². The molecular formula is C16H22N2O2S. The lowest BCUT2D eigenvalue weighted by Crippen LogP contribution is -2.20. The summed E-state index contributed by atoms with van der Waals surface area (Å²) in [4.78, 5) is 5.96. The second-order valence-corrected chi connectivity index (χ2v) is 5.98. The first-order valence-corrected chi connectivity index (χ1v) is 8.07. The molecule has 0 spiro atoms. The molecule has 0 aliphatic heterocycles. The Morgan fingerprint density at radius 3 is 2.67 bits per heavy atom. The predicted octanol–water partition coefficient (Wildman–Crippen LogP) is 2.64. The zero-order valence-corrected chi connectivity index (χ0v) is 13.4. The maximum Gasteiger partial charge on any atom is 0.119 e. The number of nitrogens with zero attached hydrogens (tertiary/aromatic N) is 1. The third-order valence-corrected chi connectivity index (χ3v) is 4.11. The summed E-state index contributed by atoms with van der Waals surface area (Å²) in [6.45, 7) is 6.42. The van der Waals surface area contributed by atoms with E-state index in [2.05, 4.69) is 24.4 Å². The van der Waals surface area contributed by atoms with Crippen molar-refractivity contribution >= 4 is 11.3 Å². The number of aryl methyl sites for hydroxylation is 1. The van der Waals surface area contributed by atoms with Crippen molar-refractivity contribution in [3.63, 3.8) is 0 Å². The highest BCUT2D eigenvalue weighted by Gasteiger charge is 2.09. The maximum atomic E-state index is 8.74. The lowest BCUT2D eigenvalue weighted by molar-refractivity contribution is 0.293. The van der Waals surface area contributed by atoms with Crippen LogP contribution in [-0.4, -0.2) is 36.4 Å². The summed E-state index contributed by atoms with van der Waals surface area (Å²) in [7, 11) is 0. The van der Waals surface area contributed by atoms with Gasteiger partial charge in [0.2, 0.25) is 0 Å². The van der Waals surface area contributed by atoms with Gasteiger partial charge in [-0.3, -0.25) is 0 Å². The van der Waals surface area contributed by atoms with E-state index >= 15 is 0 Å². The number of rotatable bonds is 8. The molecule has 1 aromatic carbocycles. The third kappa shape index (κ3) is 4.52. The van der Waals surface area contributed by atoms with Gasteiger partial charge in [0.1, 0.15) is 5.75 Å². The SMILES string of the molecule is CCOc1ccc(-c2nc(CCNCCO)sc2C)cc1. The van der Waals surface area contributed by atoms with Crippen LogP contribution in [0.15, 0.2) is 24.3 Å². The van der Waals surface area contributed by atoms with Gasteiger partial charge in [-0.15, -0.1) is 11.3 Å². The molecule has 5 heteroatoms. The monoisotopic (exact) mass is 306 g/mol. The van der Waals surface area contributed by atoms with E-state index in [0.717, 1.165) is 35.0 Å². The predicted molar refractivity (Wildman–Crippen MR) is 87.1 cm³/mol. The van der Waals surface area contributed by atoms with Crippen molar-refractivity contribution in [2.75, 3.05) is 26.3 Å². The first kappa shape index (κ1) is 15.9. The van der Waals surface area contributed by atoms with Crippen LogP contribution in [0.3, 0.4) is 0 Å². The largest absolute Gasteiger partial charge is 0.494 e. The normalized spacial score (nSPS) is 10.8. The fraction of sp³-hybridized carbons (Fsp3) is 0.438. The highest BCUT2D eigenvalue weighted by Crippen LogP contribution is 2.29. The molecular weight excluding hydrogens is 284 g/mol. The van der Waals surface area contributed by atoms with Gasteiger partial charge in [-0.05, 0) is 38.1 Å². The smallest absolute Gasteiger partial charge is 0.119 e. The van der Waals surface area contributed by atoms with Crippen molar-refractivity contribution in [2.24, 2.45) is 0 Å². The van der Waals surface area contributed by atoms with E-state index in [0.29, 0.717) is 13.2 Å². The number of aliphatic hydroxyl groups excluding tert-OH is 1. The van der Waals surface area contributed by atoms with E-state index < -0.39 is 0 Å². The average molecular weight is 306 g/mol. The van der Waals surface area contributed by atoms with E-state index in [-0.39, 0.29) is 6.61 Å². The molecule has 0 atom stereocenters. The van der Waals surface area contributed by atoms with E-state index in [9.17, 15) is 0 Å². The summed E-state index contributed by atoms with van der Waals surface area (Å²) >= 11 is 1.74. The topological polar surface area (TPSA) is 54.4 Å². The summed E-state index contributed by atoms with van der Waals surface area (Å²) in [5.74, 6) is 0.891. The summed E-state index contributed by atoms with van der Waals surface area (Å²) in [5.41, 5.74) is 2.18. The summed E-state index contributed by atoms with van der Waals surface area (Å²) < 4.78 is 5.46. The molecule has 0 aliphatic carbocycles. The van der Waals surface area contributed by atoms with Crippen molar-refractivity contribution in [2.45, 2.75) is 20.3 Å². The summed E-state index contributed by atoms with van der Waals surface area (Å²) in [6.07, 6.45) is 0.891. The van der Waals surface area contributed by atoms with Crippen LogP contribution >= 0.6 is 11.3 Å². The second-order valence-electron chi connectivity index (χ2n) is 4.69. The Balaban J connectivity index is 2.04. The minimum atomic E-state index is 0.175.